The van der Waals surface area contributed by atoms with Gasteiger partial charge in [-0.3, -0.25) is 0 Å². The molecular weight excluding hydrogens is 284 g/mol. The lowest BCUT2D eigenvalue weighted by atomic mass is 9.88. The van der Waals surface area contributed by atoms with Gasteiger partial charge in [0.05, 0.1) is 6.04 Å². The Morgan fingerprint density at radius 2 is 1.86 bits per heavy atom. The third-order valence-corrected chi connectivity index (χ3v) is 4.03. The van der Waals surface area contributed by atoms with Crippen molar-refractivity contribution >= 4 is 23.3 Å². The van der Waals surface area contributed by atoms with Gasteiger partial charge >= 0.3 is 6.03 Å². The Bertz CT molecular complexity index is 639. The maximum absolute atomic E-state index is 12.1. The van der Waals surface area contributed by atoms with E-state index in [2.05, 4.69) is 28.8 Å². The summed E-state index contributed by atoms with van der Waals surface area (Å²) in [4.78, 5) is 12.1. The highest BCUT2D eigenvalue weighted by atomic mass is 35.5. The second-order valence-corrected chi connectivity index (χ2v) is 5.69. The molecule has 0 heterocycles. The Kier molecular flexibility index (Phi) is 4.11. The van der Waals surface area contributed by atoms with E-state index in [1.807, 2.05) is 6.07 Å². The number of carbonyl (C=O) groups excluding carboxylic acids is 1. The zero-order valence-corrected chi connectivity index (χ0v) is 12.4. The van der Waals surface area contributed by atoms with Crippen molar-refractivity contribution in [3.05, 3.63) is 64.7 Å². The van der Waals surface area contributed by atoms with Crippen LogP contribution in [0.3, 0.4) is 0 Å². The van der Waals surface area contributed by atoms with Crippen molar-refractivity contribution in [3.8, 4) is 0 Å². The molecule has 0 aliphatic heterocycles. The number of urea groups is 1. The molecule has 21 heavy (non-hydrogen) atoms. The number of nitrogens with one attached hydrogen (secondary N) is 2. The number of carbonyl (C=O) groups is 1. The van der Waals surface area contributed by atoms with E-state index in [1.54, 1.807) is 24.3 Å². The average molecular weight is 301 g/mol. The van der Waals surface area contributed by atoms with Crippen molar-refractivity contribution in [2.75, 3.05) is 5.32 Å². The Labute approximate surface area is 129 Å². The summed E-state index contributed by atoms with van der Waals surface area (Å²) in [5.74, 6) is 0. The van der Waals surface area contributed by atoms with Crippen molar-refractivity contribution < 1.29 is 4.79 Å². The van der Waals surface area contributed by atoms with Gasteiger partial charge in [0.1, 0.15) is 0 Å². The molecule has 3 rings (SSSR count). The summed E-state index contributed by atoms with van der Waals surface area (Å²) in [6, 6.07) is 15.3. The first-order valence-electron chi connectivity index (χ1n) is 7.13. The Morgan fingerprint density at radius 1 is 1.10 bits per heavy atom. The highest BCUT2D eigenvalue weighted by molar-refractivity contribution is 6.30. The molecule has 0 unspecified atom stereocenters. The molecule has 2 N–H and O–H groups in total. The number of amides is 2. The van der Waals surface area contributed by atoms with Gasteiger partial charge < -0.3 is 10.6 Å². The lowest BCUT2D eigenvalue weighted by Crippen LogP contribution is -2.34. The molecule has 1 aliphatic carbocycles. The predicted octanol–water partition coefficient (Wildman–Crippen LogP) is 4.54. The van der Waals surface area contributed by atoms with Gasteiger partial charge in [-0.2, -0.15) is 0 Å². The van der Waals surface area contributed by atoms with Crippen molar-refractivity contribution in [1.82, 2.24) is 5.32 Å². The highest BCUT2D eigenvalue weighted by Gasteiger charge is 2.21. The fraction of sp³-hybridized carbons (Fsp3) is 0.235. The molecule has 0 fully saturated rings. The maximum Gasteiger partial charge on any atom is 0.319 e. The molecule has 2 aromatic carbocycles. The van der Waals surface area contributed by atoms with E-state index in [1.165, 1.54) is 11.1 Å². The number of aryl methyl sites for hydroxylation is 1. The zero-order chi connectivity index (χ0) is 14.7. The fourth-order valence-electron chi connectivity index (χ4n) is 2.76. The van der Waals surface area contributed by atoms with E-state index < -0.39 is 0 Å². The smallest absolute Gasteiger partial charge is 0.319 e. The first kappa shape index (κ1) is 14.0. The predicted molar refractivity (Wildman–Crippen MR) is 85.7 cm³/mol. The first-order valence-corrected chi connectivity index (χ1v) is 7.51. The molecule has 0 radical (unpaired) electrons. The first-order chi connectivity index (χ1) is 10.2. The summed E-state index contributed by atoms with van der Waals surface area (Å²) >= 11 is 5.83. The van der Waals surface area contributed by atoms with Crippen LogP contribution in [0, 0.1) is 0 Å². The molecule has 1 atom stereocenters. The summed E-state index contributed by atoms with van der Waals surface area (Å²) < 4.78 is 0. The molecule has 0 bridgehead atoms. The monoisotopic (exact) mass is 300 g/mol. The third kappa shape index (κ3) is 3.37. The summed E-state index contributed by atoms with van der Waals surface area (Å²) in [6.45, 7) is 0. The number of hydrogen-bond donors (Lipinski definition) is 2. The number of anilines is 1. The van der Waals surface area contributed by atoms with Crippen molar-refractivity contribution in [3.63, 3.8) is 0 Å². The summed E-state index contributed by atoms with van der Waals surface area (Å²) in [6.07, 6.45) is 3.17. The minimum atomic E-state index is -0.181. The normalized spacial score (nSPS) is 16.9. The minimum Gasteiger partial charge on any atom is -0.331 e. The van der Waals surface area contributed by atoms with Crippen LogP contribution in [0.5, 0.6) is 0 Å². The van der Waals surface area contributed by atoms with Crippen LogP contribution in [0.1, 0.15) is 30.0 Å². The molecule has 0 saturated heterocycles. The van der Waals surface area contributed by atoms with Crippen molar-refractivity contribution in [2.24, 2.45) is 0 Å². The van der Waals surface area contributed by atoms with Crippen molar-refractivity contribution in [2.45, 2.75) is 25.3 Å². The Morgan fingerprint density at radius 3 is 2.67 bits per heavy atom. The molecule has 1 aliphatic rings. The Hall–Kier alpha value is -2.00. The number of rotatable bonds is 2. The van der Waals surface area contributed by atoms with Crippen LogP contribution in [0.25, 0.3) is 0 Å². The summed E-state index contributed by atoms with van der Waals surface area (Å²) in [5, 5.41) is 6.55. The number of halogens is 1. The summed E-state index contributed by atoms with van der Waals surface area (Å²) in [5.41, 5.74) is 3.30. The van der Waals surface area contributed by atoms with E-state index in [0.717, 1.165) is 24.9 Å². The van der Waals surface area contributed by atoms with Gasteiger partial charge in [0.15, 0.2) is 0 Å². The Balaban J connectivity index is 1.67. The van der Waals surface area contributed by atoms with Gasteiger partial charge in [-0.05, 0) is 54.7 Å². The number of benzene rings is 2. The van der Waals surface area contributed by atoms with Crippen LogP contribution in [0.4, 0.5) is 10.5 Å². The standard InChI is InChI=1S/C17H17ClN2O/c18-13-8-10-14(11-9-13)19-17(21)20-16-7-3-5-12-4-1-2-6-15(12)16/h1-2,4,6,8-11,16H,3,5,7H2,(H2,19,20,21)/t16-/m0/s1. The molecule has 4 heteroatoms. The quantitative estimate of drug-likeness (QED) is 0.840. The van der Waals surface area contributed by atoms with Crippen LogP contribution in [-0.4, -0.2) is 6.03 Å². The van der Waals surface area contributed by atoms with Crippen LogP contribution < -0.4 is 10.6 Å². The summed E-state index contributed by atoms with van der Waals surface area (Å²) in [7, 11) is 0. The molecule has 0 spiro atoms. The van der Waals surface area contributed by atoms with Crippen molar-refractivity contribution in [1.29, 1.82) is 0 Å². The van der Waals surface area contributed by atoms with Gasteiger partial charge in [0.25, 0.3) is 0 Å². The van der Waals surface area contributed by atoms with Gasteiger partial charge in [0.2, 0.25) is 0 Å². The highest BCUT2D eigenvalue weighted by Crippen LogP contribution is 2.29. The third-order valence-electron chi connectivity index (χ3n) is 3.78. The van der Waals surface area contributed by atoms with E-state index in [0.29, 0.717) is 5.02 Å². The van der Waals surface area contributed by atoms with Gasteiger partial charge in [-0.1, -0.05) is 35.9 Å². The second-order valence-electron chi connectivity index (χ2n) is 5.25. The molecule has 0 saturated carbocycles. The molecule has 3 nitrogen and oxygen atoms in total. The van der Waals surface area contributed by atoms with E-state index >= 15 is 0 Å². The fourth-order valence-corrected chi connectivity index (χ4v) is 2.89. The lowest BCUT2D eigenvalue weighted by molar-refractivity contribution is 0.247. The van der Waals surface area contributed by atoms with Crippen LogP contribution in [-0.2, 0) is 6.42 Å². The molecule has 2 amide bonds. The molecule has 2 aromatic rings. The maximum atomic E-state index is 12.1. The lowest BCUT2D eigenvalue weighted by Gasteiger charge is -2.26. The zero-order valence-electron chi connectivity index (χ0n) is 11.6. The van der Waals surface area contributed by atoms with E-state index in [-0.39, 0.29) is 12.1 Å². The topological polar surface area (TPSA) is 41.1 Å². The second kappa shape index (κ2) is 6.19. The molecule has 0 aromatic heterocycles. The van der Waals surface area contributed by atoms with Crippen LogP contribution in [0.15, 0.2) is 48.5 Å². The SMILES string of the molecule is O=C(Nc1ccc(Cl)cc1)N[C@H]1CCCc2ccccc21. The van der Waals surface area contributed by atoms with E-state index in [9.17, 15) is 4.79 Å². The number of hydrogen-bond acceptors (Lipinski definition) is 1. The van der Waals surface area contributed by atoms with Gasteiger partial charge in [-0.15, -0.1) is 0 Å². The molecular formula is C17H17ClN2O. The average Bonchev–Trinajstić information content (AvgIpc) is 2.50. The van der Waals surface area contributed by atoms with E-state index in [4.69, 9.17) is 11.6 Å². The van der Waals surface area contributed by atoms with Crippen LogP contribution in [0.2, 0.25) is 5.02 Å². The molecule has 108 valence electrons. The van der Waals surface area contributed by atoms with Gasteiger partial charge in [0, 0.05) is 10.7 Å². The van der Waals surface area contributed by atoms with Crippen LogP contribution >= 0.6 is 11.6 Å². The largest absolute Gasteiger partial charge is 0.331 e. The van der Waals surface area contributed by atoms with Gasteiger partial charge in [-0.25, -0.2) is 4.79 Å². The number of fused-ring (bicyclic) bond motifs is 1. The minimum absolute atomic E-state index is 0.0854.